The predicted molar refractivity (Wildman–Crippen MR) is 78.3 cm³/mol. The molecule has 0 aromatic heterocycles. The van der Waals surface area contributed by atoms with Gasteiger partial charge in [-0.2, -0.15) is 0 Å². The minimum absolute atomic E-state index is 0.0444. The lowest BCUT2D eigenvalue weighted by Crippen LogP contribution is -2.45. The summed E-state index contributed by atoms with van der Waals surface area (Å²) >= 11 is 0. The summed E-state index contributed by atoms with van der Waals surface area (Å²) < 4.78 is 0. The molecule has 116 valence electrons. The molecular formula is C15H28N2O3. The van der Waals surface area contributed by atoms with Crippen LogP contribution in [-0.2, 0) is 9.59 Å². The van der Waals surface area contributed by atoms with Crippen molar-refractivity contribution in [1.82, 2.24) is 4.90 Å². The summed E-state index contributed by atoms with van der Waals surface area (Å²) in [5.41, 5.74) is 5.80. The number of carbonyl (C=O) groups excluding carboxylic acids is 1. The second-order valence-electron chi connectivity index (χ2n) is 6.11. The van der Waals surface area contributed by atoms with E-state index in [0.717, 1.165) is 32.1 Å². The van der Waals surface area contributed by atoms with Crippen LogP contribution < -0.4 is 5.73 Å². The topological polar surface area (TPSA) is 83.6 Å². The van der Waals surface area contributed by atoms with Crippen LogP contribution in [-0.4, -0.2) is 41.0 Å². The highest BCUT2D eigenvalue weighted by Crippen LogP contribution is 2.38. The fourth-order valence-electron chi connectivity index (χ4n) is 3.03. The molecule has 0 spiro atoms. The van der Waals surface area contributed by atoms with Crippen molar-refractivity contribution in [1.29, 1.82) is 0 Å². The number of carboxylic acid groups (broad SMARTS) is 1. The second-order valence-corrected chi connectivity index (χ2v) is 6.11. The lowest BCUT2D eigenvalue weighted by Gasteiger charge is -2.38. The molecule has 1 fully saturated rings. The number of rotatable bonds is 7. The van der Waals surface area contributed by atoms with Crippen molar-refractivity contribution in [2.24, 2.45) is 11.1 Å². The molecule has 0 radical (unpaired) electrons. The van der Waals surface area contributed by atoms with E-state index in [4.69, 9.17) is 10.8 Å². The number of nitrogens with two attached hydrogens (primary N) is 1. The molecule has 1 atom stereocenters. The highest BCUT2D eigenvalue weighted by atomic mass is 16.4. The molecule has 1 amide bonds. The van der Waals surface area contributed by atoms with Crippen molar-refractivity contribution in [2.45, 2.75) is 64.8 Å². The molecule has 0 saturated heterocycles. The first-order valence-corrected chi connectivity index (χ1v) is 7.65. The Morgan fingerprint density at radius 1 is 1.30 bits per heavy atom. The van der Waals surface area contributed by atoms with Crippen molar-refractivity contribution >= 4 is 11.9 Å². The molecule has 0 aromatic carbocycles. The van der Waals surface area contributed by atoms with Gasteiger partial charge in [0.05, 0.1) is 0 Å². The number of hydrogen-bond acceptors (Lipinski definition) is 3. The first kappa shape index (κ1) is 17.0. The second kappa shape index (κ2) is 7.62. The summed E-state index contributed by atoms with van der Waals surface area (Å²) in [6.45, 7) is 4.16. The number of aliphatic carboxylic acids is 1. The largest absolute Gasteiger partial charge is 0.480 e. The fourth-order valence-corrected chi connectivity index (χ4v) is 3.03. The van der Waals surface area contributed by atoms with Crippen LogP contribution in [0.25, 0.3) is 0 Å². The standard InChI is InChI=1S/C15H28N2O3/c1-3-12(2)17(10-14(19)20)13(18)9-15(11-16)7-5-4-6-8-15/h12H,3-11,16H2,1-2H3,(H,19,20). The van der Waals surface area contributed by atoms with Gasteiger partial charge in [0.1, 0.15) is 6.54 Å². The summed E-state index contributed by atoms with van der Waals surface area (Å²) in [6, 6.07) is -0.0444. The normalized spacial score (nSPS) is 19.4. The summed E-state index contributed by atoms with van der Waals surface area (Å²) in [6.07, 6.45) is 6.56. The Balaban J connectivity index is 2.75. The highest BCUT2D eigenvalue weighted by Gasteiger charge is 2.35. The maximum absolute atomic E-state index is 12.5. The monoisotopic (exact) mass is 284 g/mol. The summed E-state index contributed by atoms with van der Waals surface area (Å²) in [4.78, 5) is 25.0. The Kier molecular flexibility index (Phi) is 6.46. The Morgan fingerprint density at radius 2 is 1.90 bits per heavy atom. The minimum atomic E-state index is -0.955. The average Bonchev–Trinajstić information content (AvgIpc) is 2.44. The average molecular weight is 284 g/mol. The van der Waals surface area contributed by atoms with E-state index in [0.29, 0.717) is 13.0 Å². The van der Waals surface area contributed by atoms with Gasteiger partial charge < -0.3 is 15.7 Å². The van der Waals surface area contributed by atoms with Crippen molar-refractivity contribution < 1.29 is 14.7 Å². The molecule has 5 heteroatoms. The zero-order chi connectivity index (χ0) is 15.2. The van der Waals surface area contributed by atoms with Gasteiger partial charge in [-0.15, -0.1) is 0 Å². The third-order valence-electron chi connectivity index (χ3n) is 4.62. The van der Waals surface area contributed by atoms with Gasteiger partial charge in [-0.3, -0.25) is 9.59 Å². The molecule has 0 bridgehead atoms. The highest BCUT2D eigenvalue weighted by molar-refractivity contribution is 5.82. The number of carbonyl (C=O) groups is 2. The SMILES string of the molecule is CCC(C)N(CC(=O)O)C(=O)CC1(CN)CCCCC1. The molecule has 1 rings (SSSR count). The van der Waals surface area contributed by atoms with E-state index < -0.39 is 5.97 Å². The van der Waals surface area contributed by atoms with E-state index in [1.807, 2.05) is 13.8 Å². The number of carboxylic acids is 1. The minimum Gasteiger partial charge on any atom is -0.480 e. The van der Waals surface area contributed by atoms with Gasteiger partial charge in [0.2, 0.25) is 5.91 Å². The van der Waals surface area contributed by atoms with Crippen LogP contribution in [0.2, 0.25) is 0 Å². The Morgan fingerprint density at radius 3 is 2.35 bits per heavy atom. The van der Waals surface area contributed by atoms with Gasteiger partial charge in [-0.05, 0) is 38.1 Å². The molecule has 0 aliphatic heterocycles. The lowest BCUT2D eigenvalue weighted by atomic mass is 9.71. The first-order chi connectivity index (χ1) is 9.44. The summed E-state index contributed by atoms with van der Waals surface area (Å²) in [5, 5.41) is 8.99. The van der Waals surface area contributed by atoms with E-state index in [1.54, 1.807) is 0 Å². The molecule has 3 N–H and O–H groups in total. The van der Waals surface area contributed by atoms with Crippen LogP contribution in [0.1, 0.15) is 58.8 Å². The fraction of sp³-hybridized carbons (Fsp3) is 0.867. The quantitative estimate of drug-likeness (QED) is 0.749. The van der Waals surface area contributed by atoms with E-state index in [-0.39, 0.29) is 23.9 Å². The molecular weight excluding hydrogens is 256 g/mol. The van der Waals surface area contributed by atoms with Crippen LogP contribution in [0, 0.1) is 5.41 Å². The van der Waals surface area contributed by atoms with Crippen molar-refractivity contribution in [2.75, 3.05) is 13.1 Å². The van der Waals surface area contributed by atoms with Crippen molar-refractivity contribution in [3.8, 4) is 0 Å². The summed E-state index contributed by atoms with van der Waals surface area (Å²) in [7, 11) is 0. The van der Waals surface area contributed by atoms with Crippen LogP contribution in [0.5, 0.6) is 0 Å². The maximum atomic E-state index is 12.5. The number of amides is 1. The first-order valence-electron chi connectivity index (χ1n) is 7.65. The third-order valence-corrected chi connectivity index (χ3v) is 4.62. The van der Waals surface area contributed by atoms with Gasteiger partial charge in [-0.1, -0.05) is 26.2 Å². The van der Waals surface area contributed by atoms with Crippen LogP contribution in [0.15, 0.2) is 0 Å². The Labute approximate surface area is 121 Å². The summed E-state index contributed by atoms with van der Waals surface area (Å²) in [5.74, 6) is -1.02. The smallest absolute Gasteiger partial charge is 0.323 e. The van der Waals surface area contributed by atoms with Crippen LogP contribution in [0.4, 0.5) is 0 Å². The molecule has 5 nitrogen and oxygen atoms in total. The molecule has 0 aromatic rings. The van der Waals surface area contributed by atoms with E-state index in [9.17, 15) is 9.59 Å². The Bertz CT molecular complexity index is 338. The molecule has 1 unspecified atom stereocenters. The zero-order valence-electron chi connectivity index (χ0n) is 12.7. The zero-order valence-corrected chi connectivity index (χ0v) is 12.7. The van der Waals surface area contributed by atoms with Crippen LogP contribution in [0.3, 0.4) is 0 Å². The van der Waals surface area contributed by atoms with Gasteiger partial charge in [0.25, 0.3) is 0 Å². The number of hydrogen-bond donors (Lipinski definition) is 2. The molecule has 20 heavy (non-hydrogen) atoms. The molecule has 0 heterocycles. The number of nitrogens with zero attached hydrogens (tertiary/aromatic N) is 1. The van der Waals surface area contributed by atoms with Gasteiger partial charge in [0.15, 0.2) is 0 Å². The van der Waals surface area contributed by atoms with Gasteiger partial charge in [0, 0.05) is 12.5 Å². The Hall–Kier alpha value is -1.10. The van der Waals surface area contributed by atoms with E-state index in [1.165, 1.54) is 11.3 Å². The van der Waals surface area contributed by atoms with Crippen molar-refractivity contribution in [3.63, 3.8) is 0 Å². The lowest BCUT2D eigenvalue weighted by molar-refractivity contribution is -0.147. The predicted octanol–water partition coefficient (Wildman–Crippen LogP) is 2.00. The maximum Gasteiger partial charge on any atom is 0.323 e. The van der Waals surface area contributed by atoms with Gasteiger partial charge >= 0.3 is 5.97 Å². The molecule has 1 saturated carbocycles. The van der Waals surface area contributed by atoms with Crippen LogP contribution >= 0.6 is 0 Å². The van der Waals surface area contributed by atoms with E-state index >= 15 is 0 Å². The van der Waals surface area contributed by atoms with Gasteiger partial charge in [-0.25, -0.2) is 0 Å². The molecule has 1 aliphatic carbocycles. The third kappa shape index (κ3) is 4.47. The van der Waals surface area contributed by atoms with Crippen molar-refractivity contribution in [3.05, 3.63) is 0 Å². The van der Waals surface area contributed by atoms with E-state index in [2.05, 4.69) is 0 Å². The molecule has 1 aliphatic rings.